The second-order valence-corrected chi connectivity index (χ2v) is 4.07. The SMILES string of the molecule is COCCOCCNc1nc(Cl)nc(-n2ccnc2)n1. The summed E-state index contributed by atoms with van der Waals surface area (Å²) in [6, 6.07) is 0. The van der Waals surface area contributed by atoms with Gasteiger partial charge in [-0.2, -0.15) is 15.0 Å². The van der Waals surface area contributed by atoms with E-state index in [4.69, 9.17) is 21.1 Å². The highest BCUT2D eigenvalue weighted by Crippen LogP contribution is 2.08. The predicted octanol–water partition coefficient (Wildman–Crippen LogP) is 0.786. The van der Waals surface area contributed by atoms with Crippen LogP contribution in [0.4, 0.5) is 5.95 Å². The van der Waals surface area contributed by atoms with Gasteiger partial charge in [-0.25, -0.2) is 4.98 Å². The van der Waals surface area contributed by atoms with Gasteiger partial charge in [-0.15, -0.1) is 0 Å². The molecule has 0 radical (unpaired) electrons. The first-order valence-corrected chi connectivity index (χ1v) is 6.38. The monoisotopic (exact) mass is 298 g/mol. The molecule has 0 aliphatic carbocycles. The van der Waals surface area contributed by atoms with Gasteiger partial charge in [-0.1, -0.05) is 0 Å². The molecule has 1 N–H and O–H groups in total. The van der Waals surface area contributed by atoms with Gasteiger partial charge in [0.25, 0.3) is 0 Å². The van der Waals surface area contributed by atoms with Crippen molar-refractivity contribution in [1.82, 2.24) is 24.5 Å². The van der Waals surface area contributed by atoms with E-state index in [9.17, 15) is 0 Å². The summed E-state index contributed by atoms with van der Waals surface area (Å²) in [4.78, 5) is 16.2. The Bertz CT molecular complexity index is 522. The van der Waals surface area contributed by atoms with E-state index in [2.05, 4.69) is 25.3 Å². The molecular weight excluding hydrogens is 284 g/mol. The minimum absolute atomic E-state index is 0.117. The maximum Gasteiger partial charge on any atom is 0.241 e. The molecule has 8 nitrogen and oxygen atoms in total. The number of hydrogen-bond donors (Lipinski definition) is 1. The fourth-order valence-corrected chi connectivity index (χ4v) is 1.55. The number of nitrogens with zero attached hydrogens (tertiary/aromatic N) is 5. The topological polar surface area (TPSA) is 87.0 Å². The van der Waals surface area contributed by atoms with Crippen molar-refractivity contribution in [3.63, 3.8) is 0 Å². The molecule has 2 aromatic rings. The molecule has 0 amide bonds. The largest absolute Gasteiger partial charge is 0.382 e. The van der Waals surface area contributed by atoms with Crippen LogP contribution in [0.15, 0.2) is 18.7 Å². The van der Waals surface area contributed by atoms with Crippen LogP contribution in [0.3, 0.4) is 0 Å². The Morgan fingerprint density at radius 3 is 2.90 bits per heavy atom. The molecule has 0 atom stereocenters. The first kappa shape index (κ1) is 14.6. The minimum atomic E-state index is 0.117. The molecule has 0 fully saturated rings. The molecule has 0 saturated heterocycles. The lowest BCUT2D eigenvalue weighted by Gasteiger charge is -2.07. The molecule has 2 rings (SSSR count). The van der Waals surface area contributed by atoms with Crippen molar-refractivity contribution in [2.75, 3.05) is 38.8 Å². The van der Waals surface area contributed by atoms with Gasteiger partial charge in [0, 0.05) is 26.0 Å². The van der Waals surface area contributed by atoms with Crippen LogP contribution < -0.4 is 5.32 Å². The standard InChI is InChI=1S/C11H15ClN6O2/c1-19-6-7-20-5-3-14-10-15-9(12)16-11(17-10)18-4-2-13-8-18/h2,4,8H,3,5-7H2,1H3,(H,14,15,16,17). The number of methoxy groups -OCH3 is 1. The van der Waals surface area contributed by atoms with Crippen molar-refractivity contribution >= 4 is 17.5 Å². The van der Waals surface area contributed by atoms with E-state index in [0.29, 0.717) is 38.3 Å². The molecule has 0 saturated carbocycles. The van der Waals surface area contributed by atoms with Gasteiger partial charge in [-0.3, -0.25) is 4.57 Å². The molecule has 0 aliphatic rings. The average molecular weight is 299 g/mol. The first-order chi connectivity index (χ1) is 9.79. The summed E-state index contributed by atoms with van der Waals surface area (Å²) in [6.45, 7) is 2.21. The van der Waals surface area contributed by atoms with Crippen molar-refractivity contribution in [3.05, 3.63) is 24.0 Å². The Morgan fingerprint density at radius 1 is 1.25 bits per heavy atom. The third kappa shape index (κ3) is 4.41. The van der Waals surface area contributed by atoms with E-state index in [1.807, 2.05) is 0 Å². The molecule has 0 unspecified atom stereocenters. The highest BCUT2D eigenvalue weighted by molar-refractivity contribution is 6.28. The van der Waals surface area contributed by atoms with E-state index in [0.717, 1.165) is 0 Å². The Balaban J connectivity index is 1.88. The highest BCUT2D eigenvalue weighted by Gasteiger charge is 2.06. The van der Waals surface area contributed by atoms with Crippen LogP contribution in [-0.2, 0) is 9.47 Å². The summed E-state index contributed by atoms with van der Waals surface area (Å²) < 4.78 is 11.8. The van der Waals surface area contributed by atoms with Gasteiger partial charge in [0.05, 0.1) is 19.8 Å². The molecule has 0 aliphatic heterocycles. The van der Waals surface area contributed by atoms with E-state index in [1.54, 1.807) is 30.4 Å². The van der Waals surface area contributed by atoms with Crippen molar-refractivity contribution in [2.24, 2.45) is 0 Å². The zero-order valence-electron chi connectivity index (χ0n) is 11.0. The van der Waals surface area contributed by atoms with E-state index in [-0.39, 0.29) is 5.28 Å². The Hall–Kier alpha value is -1.77. The van der Waals surface area contributed by atoms with Gasteiger partial charge in [-0.05, 0) is 11.6 Å². The number of halogens is 1. The van der Waals surface area contributed by atoms with E-state index in [1.165, 1.54) is 0 Å². The van der Waals surface area contributed by atoms with Crippen LogP contribution in [-0.4, -0.2) is 58.0 Å². The van der Waals surface area contributed by atoms with Crippen LogP contribution in [0.2, 0.25) is 5.28 Å². The van der Waals surface area contributed by atoms with Crippen molar-refractivity contribution in [2.45, 2.75) is 0 Å². The van der Waals surface area contributed by atoms with Crippen molar-refractivity contribution < 1.29 is 9.47 Å². The summed E-state index contributed by atoms with van der Waals surface area (Å²) in [6.07, 6.45) is 4.95. The zero-order valence-corrected chi connectivity index (χ0v) is 11.7. The van der Waals surface area contributed by atoms with Crippen LogP contribution in [0.5, 0.6) is 0 Å². The average Bonchev–Trinajstić information content (AvgIpc) is 2.96. The number of aromatic nitrogens is 5. The number of imidazole rings is 1. The number of hydrogen-bond acceptors (Lipinski definition) is 7. The quantitative estimate of drug-likeness (QED) is 0.721. The highest BCUT2D eigenvalue weighted by atomic mass is 35.5. The lowest BCUT2D eigenvalue weighted by Crippen LogP contribution is -2.14. The van der Waals surface area contributed by atoms with Gasteiger partial charge >= 0.3 is 0 Å². The minimum Gasteiger partial charge on any atom is -0.382 e. The lowest BCUT2D eigenvalue weighted by molar-refractivity contribution is 0.0759. The Morgan fingerprint density at radius 2 is 2.15 bits per heavy atom. The zero-order chi connectivity index (χ0) is 14.2. The number of nitrogens with one attached hydrogen (secondary N) is 1. The second kappa shape index (κ2) is 7.73. The predicted molar refractivity (Wildman–Crippen MR) is 73.1 cm³/mol. The smallest absolute Gasteiger partial charge is 0.241 e. The molecular formula is C11H15ClN6O2. The van der Waals surface area contributed by atoms with E-state index < -0.39 is 0 Å². The molecule has 0 bridgehead atoms. The molecule has 9 heteroatoms. The van der Waals surface area contributed by atoms with Gasteiger partial charge in [0.15, 0.2) is 0 Å². The Kier molecular flexibility index (Phi) is 5.66. The summed E-state index contributed by atoms with van der Waals surface area (Å²) in [7, 11) is 1.63. The number of anilines is 1. The van der Waals surface area contributed by atoms with Gasteiger partial charge in [0.2, 0.25) is 17.2 Å². The van der Waals surface area contributed by atoms with Gasteiger partial charge in [0.1, 0.15) is 6.33 Å². The van der Waals surface area contributed by atoms with Gasteiger partial charge < -0.3 is 14.8 Å². The van der Waals surface area contributed by atoms with Crippen LogP contribution in [0.25, 0.3) is 5.95 Å². The maximum absolute atomic E-state index is 5.86. The molecule has 0 spiro atoms. The van der Waals surface area contributed by atoms with Crippen LogP contribution >= 0.6 is 11.6 Å². The summed E-state index contributed by atoms with van der Waals surface area (Å²) in [5, 5.41) is 3.14. The van der Waals surface area contributed by atoms with Crippen molar-refractivity contribution in [3.8, 4) is 5.95 Å². The molecule has 2 aromatic heterocycles. The molecule has 20 heavy (non-hydrogen) atoms. The summed E-state index contributed by atoms with van der Waals surface area (Å²) >= 11 is 5.86. The van der Waals surface area contributed by atoms with Crippen LogP contribution in [0.1, 0.15) is 0 Å². The number of rotatable bonds is 8. The first-order valence-electron chi connectivity index (χ1n) is 6.00. The van der Waals surface area contributed by atoms with Crippen LogP contribution in [0, 0.1) is 0 Å². The normalized spacial score (nSPS) is 10.7. The molecule has 0 aromatic carbocycles. The third-order valence-corrected chi connectivity index (χ3v) is 2.46. The van der Waals surface area contributed by atoms with E-state index >= 15 is 0 Å². The van der Waals surface area contributed by atoms with Crippen molar-refractivity contribution in [1.29, 1.82) is 0 Å². The Labute approximate surface area is 121 Å². The third-order valence-electron chi connectivity index (χ3n) is 2.29. The summed E-state index contributed by atoms with van der Waals surface area (Å²) in [5.41, 5.74) is 0. The summed E-state index contributed by atoms with van der Waals surface area (Å²) in [5.74, 6) is 0.800. The fraction of sp³-hybridized carbons (Fsp3) is 0.455. The second-order valence-electron chi connectivity index (χ2n) is 3.73. The molecule has 108 valence electrons. The number of ether oxygens (including phenoxy) is 2. The maximum atomic E-state index is 5.86. The lowest BCUT2D eigenvalue weighted by atomic mass is 10.6. The fourth-order valence-electron chi connectivity index (χ4n) is 1.39. The molecule has 2 heterocycles.